The molecule has 0 rings (SSSR count). The van der Waals surface area contributed by atoms with Crippen LogP contribution in [0.1, 0.15) is 265 Å². The Bertz CT molecular complexity index is 1540. The van der Waals surface area contributed by atoms with Crippen LogP contribution < -0.4 is 0 Å². The monoisotopic (exact) mass is 1010 g/mol. The van der Waals surface area contributed by atoms with Crippen molar-refractivity contribution in [3.05, 3.63) is 122 Å². The second kappa shape index (κ2) is 60.4. The maximum Gasteiger partial charge on any atom is 0.306 e. The Morgan fingerprint density at radius 2 is 0.534 bits per heavy atom. The van der Waals surface area contributed by atoms with Crippen LogP contribution in [-0.4, -0.2) is 37.2 Å². The summed E-state index contributed by atoms with van der Waals surface area (Å²) in [6.45, 7) is 6.45. The molecule has 0 spiro atoms. The highest BCUT2D eigenvalue weighted by molar-refractivity contribution is 5.71. The lowest BCUT2D eigenvalue weighted by Gasteiger charge is -2.18. The molecule has 6 nitrogen and oxygen atoms in total. The number of unbranched alkanes of at least 4 members (excludes halogenated alkanes) is 22. The molecule has 0 amide bonds. The number of rotatable bonds is 53. The summed E-state index contributed by atoms with van der Waals surface area (Å²) in [6.07, 6.45) is 83.3. The van der Waals surface area contributed by atoms with Crippen molar-refractivity contribution < 1.29 is 28.6 Å². The molecule has 0 aliphatic carbocycles. The number of ether oxygens (including phenoxy) is 3. The zero-order valence-electron chi connectivity index (χ0n) is 47.4. The van der Waals surface area contributed by atoms with Crippen LogP contribution in [0.5, 0.6) is 0 Å². The average Bonchev–Trinajstić information content (AvgIpc) is 3.39. The van der Waals surface area contributed by atoms with Gasteiger partial charge in [0.15, 0.2) is 6.10 Å². The van der Waals surface area contributed by atoms with Crippen molar-refractivity contribution >= 4 is 17.9 Å². The minimum absolute atomic E-state index is 0.0952. The molecule has 0 saturated heterocycles. The summed E-state index contributed by atoms with van der Waals surface area (Å²) in [5, 5.41) is 0. The van der Waals surface area contributed by atoms with Gasteiger partial charge in [-0.25, -0.2) is 0 Å². The second-order valence-corrected chi connectivity index (χ2v) is 19.5. The van der Waals surface area contributed by atoms with E-state index in [0.717, 1.165) is 135 Å². The number of hydrogen-bond acceptors (Lipinski definition) is 6. The fourth-order valence-corrected chi connectivity index (χ4v) is 7.96. The highest BCUT2D eigenvalue weighted by atomic mass is 16.6. The predicted molar refractivity (Wildman–Crippen MR) is 316 cm³/mol. The van der Waals surface area contributed by atoms with E-state index >= 15 is 0 Å². The molecular formula is C67H110O6. The van der Waals surface area contributed by atoms with Gasteiger partial charge in [0.1, 0.15) is 13.2 Å². The SMILES string of the molecule is CC/C=C\C/C=C\C/C=C\C/C=C\C/C=C\C/C=C\C/C=C\CCCCCC(=O)OCC(COC(=O)CCCCCCCCCCCCC)OC(=O)CCCCCCCC/C=C\C/C=C\C/C=C\CCCCC. The van der Waals surface area contributed by atoms with E-state index in [0.29, 0.717) is 19.3 Å². The lowest BCUT2D eigenvalue weighted by Crippen LogP contribution is -2.30. The summed E-state index contributed by atoms with van der Waals surface area (Å²) in [6, 6.07) is 0. The van der Waals surface area contributed by atoms with Crippen molar-refractivity contribution in [2.75, 3.05) is 13.2 Å². The lowest BCUT2D eigenvalue weighted by molar-refractivity contribution is -0.167. The van der Waals surface area contributed by atoms with Crippen molar-refractivity contribution in [1.82, 2.24) is 0 Å². The highest BCUT2D eigenvalue weighted by Crippen LogP contribution is 2.14. The minimum atomic E-state index is -0.801. The summed E-state index contributed by atoms with van der Waals surface area (Å²) < 4.78 is 16.8. The zero-order valence-corrected chi connectivity index (χ0v) is 47.4. The predicted octanol–water partition coefficient (Wildman–Crippen LogP) is 20.4. The summed E-state index contributed by atoms with van der Waals surface area (Å²) in [5.74, 6) is -0.942. The first-order chi connectivity index (χ1) is 36.0. The van der Waals surface area contributed by atoms with Gasteiger partial charge in [-0.15, -0.1) is 0 Å². The topological polar surface area (TPSA) is 78.9 Å². The van der Waals surface area contributed by atoms with Crippen LogP contribution in [0.25, 0.3) is 0 Å². The van der Waals surface area contributed by atoms with Crippen molar-refractivity contribution in [2.45, 2.75) is 271 Å². The van der Waals surface area contributed by atoms with Crippen molar-refractivity contribution in [3.8, 4) is 0 Å². The Labute approximate surface area is 450 Å². The number of esters is 3. The Kier molecular flexibility index (Phi) is 56.9. The maximum atomic E-state index is 12.9. The molecule has 0 radical (unpaired) electrons. The normalized spacial score (nSPS) is 13.0. The van der Waals surface area contributed by atoms with Crippen LogP contribution in [-0.2, 0) is 28.6 Å². The number of carbonyl (C=O) groups is 3. The summed E-state index contributed by atoms with van der Waals surface area (Å²) in [5.41, 5.74) is 0. The van der Waals surface area contributed by atoms with Gasteiger partial charge in [0.25, 0.3) is 0 Å². The molecule has 0 fully saturated rings. The fourth-order valence-electron chi connectivity index (χ4n) is 7.96. The highest BCUT2D eigenvalue weighted by Gasteiger charge is 2.19. The van der Waals surface area contributed by atoms with Gasteiger partial charge in [-0.2, -0.15) is 0 Å². The van der Waals surface area contributed by atoms with Gasteiger partial charge >= 0.3 is 17.9 Å². The van der Waals surface area contributed by atoms with E-state index in [1.165, 1.54) is 89.9 Å². The largest absolute Gasteiger partial charge is 0.462 e. The standard InChI is InChI=1S/C67H110O6/c1-4-7-10-13-16-19-22-24-26-28-30-31-32-33-34-35-37-38-40-42-45-48-51-54-57-60-66(69)72-63-64(62-71-65(68)59-56-53-50-47-44-21-18-15-12-9-6-3)73-67(70)61-58-55-52-49-46-43-41-39-36-29-27-25-23-20-17-14-11-8-5-2/h7,10,16-17,19-20,24-27,30-31,33-34,36-39,42,45,64H,4-6,8-9,11-15,18,21-23,28-29,32,35,40-41,43-44,46-63H2,1-3H3/b10-7-,19-16-,20-17-,26-24-,27-25-,31-30-,34-33-,38-37-,39-36-,45-42-. The molecule has 6 heteroatoms. The lowest BCUT2D eigenvalue weighted by atomic mass is 10.1. The van der Waals surface area contributed by atoms with Crippen LogP contribution in [0.4, 0.5) is 0 Å². The third-order valence-electron chi connectivity index (χ3n) is 12.5. The van der Waals surface area contributed by atoms with Crippen LogP contribution >= 0.6 is 0 Å². The van der Waals surface area contributed by atoms with Crippen LogP contribution in [0.2, 0.25) is 0 Å². The van der Waals surface area contributed by atoms with Gasteiger partial charge in [-0.1, -0.05) is 251 Å². The molecule has 0 aromatic carbocycles. The molecule has 0 bridgehead atoms. The van der Waals surface area contributed by atoms with Crippen molar-refractivity contribution in [1.29, 1.82) is 0 Å². The molecule has 0 aromatic heterocycles. The first-order valence-electron chi connectivity index (χ1n) is 30.0. The van der Waals surface area contributed by atoms with Crippen LogP contribution in [0, 0.1) is 0 Å². The van der Waals surface area contributed by atoms with Gasteiger partial charge < -0.3 is 14.2 Å². The van der Waals surface area contributed by atoms with E-state index in [1.807, 2.05) is 0 Å². The summed E-state index contributed by atoms with van der Waals surface area (Å²) >= 11 is 0. The molecule has 0 heterocycles. The first kappa shape index (κ1) is 68.8. The van der Waals surface area contributed by atoms with Gasteiger partial charge in [0.05, 0.1) is 0 Å². The van der Waals surface area contributed by atoms with E-state index in [9.17, 15) is 14.4 Å². The molecule has 73 heavy (non-hydrogen) atoms. The molecule has 0 aromatic rings. The number of allylic oxidation sites excluding steroid dienone is 20. The van der Waals surface area contributed by atoms with Crippen molar-refractivity contribution in [2.24, 2.45) is 0 Å². The Morgan fingerprint density at radius 1 is 0.288 bits per heavy atom. The number of hydrogen-bond donors (Lipinski definition) is 0. The molecule has 0 N–H and O–H groups in total. The van der Waals surface area contributed by atoms with E-state index in [4.69, 9.17) is 14.2 Å². The maximum absolute atomic E-state index is 12.9. The number of carbonyl (C=O) groups excluding carboxylic acids is 3. The quantitative estimate of drug-likeness (QED) is 0.0261. The van der Waals surface area contributed by atoms with Gasteiger partial charge in [0, 0.05) is 19.3 Å². The smallest absolute Gasteiger partial charge is 0.306 e. The molecule has 0 saturated carbocycles. The summed E-state index contributed by atoms with van der Waals surface area (Å²) in [4.78, 5) is 38.2. The fraction of sp³-hybridized carbons (Fsp3) is 0.657. The first-order valence-corrected chi connectivity index (χ1v) is 30.0. The van der Waals surface area contributed by atoms with Gasteiger partial charge in [-0.3, -0.25) is 14.4 Å². The Balaban J connectivity index is 4.43. The van der Waals surface area contributed by atoms with Crippen LogP contribution in [0.15, 0.2) is 122 Å². The van der Waals surface area contributed by atoms with E-state index in [1.54, 1.807) is 0 Å². The van der Waals surface area contributed by atoms with Gasteiger partial charge in [0.2, 0.25) is 0 Å². The molecule has 414 valence electrons. The van der Waals surface area contributed by atoms with E-state index in [2.05, 4.69) is 142 Å². The van der Waals surface area contributed by atoms with E-state index < -0.39 is 6.10 Å². The Morgan fingerprint density at radius 3 is 0.877 bits per heavy atom. The third-order valence-corrected chi connectivity index (χ3v) is 12.5. The molecule has 0 aliphatic heterocycles. The molecule has 0 aliphatic rings. The molecule has 1 unspecified atom stereocenters. The minimum Gasteiger partial charge on any atom is -0.462 e. The molecule has 1 atom stereocenters. The van der Waals surface area contributed by atoms with E-state index in [-0.39, 0.29) is 31.1 Å². The zero-order chi connectivity index (χ0) is 52.9. The molecular weight excluding hydrogens is 901 g/mol. The Hall–Kier alpha value is -4.19. The summed E-state index contributed by atoms with van der Waals surface area (Å²) in [7, 11) is 0. The second-order valence-electron chi connectivity index (χ2n) is 19.5. The van der Waals surface area contributed by atoms with Crippen molar-refractivity contribution in [3.63, 3.8) is 0 Å². The van der Waals surface area contributed by atoms with Gasteiger partial charge in [-0.05, 0) is 116 Å². The third kappa shape index (κ3) is 58.6. The average molecular weight is 1010 g/mol. The van der Waals surface area contributed by atoms with Crippen LogP contribution in [0.3, 0.4) is 0 Å².